The molecule has 1 amide bonds. The number of nitrogens with one attached hydrogen (secondary N) is 1. The van der Waals surface area contributed by atoms with Crippen LogP contribution >= 0.6 is 0 Å². The summed E-state index contributed by atoms with van der Waals surface area (Å²) in [5, 5.41) is 3.34. The van der Waals surface area contributed by atoms with Crippen molar-refractivity contribution in [2.24, 2.45) is 0 Å². The van der Waals surface area contributed by atoms with E-state index in [1.165, 1.54) is 0 Å². The summed E-state index contributed by atoms with van der Waals surface area (Å²) in [5.41, 5.74) is 0. The third-order valence-corrected chi connectivity index (χ3v) is 3.31. The Kier molecular flexibility index (Phi) is 4.47. The summed E-state index contributed by atoms with van der Waals surface area (Å²) in [6, 6.07) is 0.407. The van der Waals surface area contributed by atoms with Crippen molar-refractivity contribution >= 4 is 11.7 Å². The molecule has 3 atom stereocenters. The fraction of sp³-hybridized carbons (Fsp3) is 0.833. The highest BCUT2D eigenvalue weighted by Gasteiger charge is 2.46. The van der Waals surface area contributed by atoms with Crippen LogP contribution < -0.4 is 5.32 Å². The highest BCUT2D eigenvalue weighted by Crippen LogP contribution is 2.30. The fourth-order valence-corrected chi connectivity index (χ4v) is 2.73. The zero-order valence-corrected chi connectivity index (χ0v) is 10.6. The van der Waals surface area contributed by atoms with Crippen molar-refractivity contribution in [2.45, 2.75) is 58.7 Å². The number of Topliss-reactive ketones (excluding diaryl/α,β-unsaturated/α-hetero) is 1. The minimum atomic E-state index is -0.185. The van der Waals surface area contributed by atoms with Gasteiger partial charge in [0.05, 0.1) is 6.04 Å². The zero-order chi connectivity index (χ0) is 12.3. The molecule has 92 valence electrons. The smallest absolute Gasteiger partial charge is 0.220 e. The number of rotatable bonds is 1. The van der Waals surface area contributed by atoms with E-state index in [0.717, 1.165) is 19.4 Å². The number of nitrogens with zero attached hydrogens (tertiary/aromatic N) is 1. The SMILES string of the molecule is CC.CC(=O)C1CC2NCCC2N1C(C)=O. The van der Waals surface area contributed by atoms with Crippen LogP contribution in [0, 0.1) is 0 Å². The van der Waals surface area contributed by atoms with Crippen molar-refractivity contribution in [3.8, 4) is 0 Å². The molecular weight excluding hydrogens is 204 g/mol. The van der Waals surface area contributed by atoms with Crippen LogP contribution in [0.5, 0.6) is 0 Å². The summed E-state index contributed by atoms with van der Waals surface area (Å²) in [6.45, 7) is 8.09. The summed E-state index contributed by atoms with van der Waals surface area (Å²) in [6.07, 6.45) is 1.77. The van der Waals surface area contributed by atoms with Crippen molar-refractivity contribution in [3.63, 3.8) is 0 Å². The standard InChI is InChI=1S/C10H16N2O2.C2H6/c1-6(13)10-5-8-9(3-4-11-8)12(10)7(2)14;1-2/h8-11H,3-5H2,1-2H3;1-2H3. The van der Waals surface area contributed by atoms with Gasteiger partial charge in [-0.25, -0.2) is 0 Å². The number of fused-ring (bicyclic) bond motifs is 1. The Hall–Kier alpha value is -0.900. The summed E-state index contributed by atoms with van der Waals surface area (Å²) >= 11 is 0. The number of carbonyl (C=O) groups is 2. The van der Waals surface area contributed by atoms with Gasteiger partial charge in [0.25, 0.3) is 0 Å². The van der Waals surface area contributed by atoms with E-state index in [4.69, 9.17) is 0 Å². The Balaban J connectivity index is 0.000000606. The normalized spacial score (nSPS) is 31.8. The molecule has 0 saturated carbocycles. The minimum absolute atomic E-state index is 0.0291. The second-order valence-electron chi connectivity index (χ2n) is 4.21. The van der Waals surface area contributed by atoms with Crippen molar-refractivity contribution in [2.75, 3.05) is 6.54 Å². The number of hydrogen-bond acceptors (Lipinski definition) is 3. The van der Waals surface area contributed by atoms with Gasteiger partial charge in [-0.05, 0) is 26.3 Å². The lowest BCUT2D eigenvalue weighted by Crippen LogP contribution is -2.43. The second kappa shape index (κ2) is 5.43. The van der Waals surface area contributed by atoms with E-state index in [1.807, 2.05) is 13.8 Å². The Labute approximate surface area is 97.4 Å². The van der Waals surface area contributed by atoms with Crippen LogP contribution in [-0.2, 0) is 9.59 Å². The van der Waals surface area contributed by atoms with Crippen LogP contribution in [0.15, 0.2) is 0 Å². The van der Waals surface area contributed by atoms with E-state index < -0.39 is 0 Å². The molecule has 2 aliphatic heterocycles. The molecule has 0 aromatic carbocycles. The van der Waals surface area contributed by atoms with E-state index in [1.54, 1.807) is 18.7 Å². The van der Waals surface area contributed by atoms with Crippen molar-refractivity contribution in [3.05, 3.63) is 0 Å². The Morgan fingerprint density at radius 2 is 1.88 bits per heavy atom. The van der Waals surface area contributed by atoms with Gasteiger partial charge in [0.1, 0.15) is 0 Å². The van der Waals surface area contributed by atoms with E-state index >= 15 is 0 Å². The number of likely N-dealkylation sites (tertiary alicyclic amines) is 1. The van der Waals surface area contributed by atoms with Gasteiger partial charge in [0.2, 0.25) is 5.91 Å². The van der Waals surface area contributed by atoms with Crippen LogP contribution in [0.4, 0.5) is 0 Å². The fourth-order valence-electron chi connectivity index (χ4n) is 2.73. The van der Waals surface area contributed by atoms with Crippen LogP contribution in [0.1, 0.15) is 40.5 Å². The Morgan fingerprint density at radius 3 is 2.38 bits per heavy atom. The van der Waals surface area contributed by atoms with Gasteiger partial charge < -0.3 is 10.2 Å². The number of hydrogen-bond donors (Lipinski definition) is 1. The molecule has 4 heteroatoms. The van der Waals surface area contributed by atoms with Crippen LogP contribution in [-0.4, -0.2) is 41.3 Å². The molecule has 0 aromatic heterocycles. The maximum absolute atomic E-state index is 11.4. The molecule has 1 N–H and O–H groups in total. The quantitative estimate of drug-likeness (QED) is 0.724. The third kappa shape index (κ3) is 2.26. The molecule has 4 nitrogen and oxygen atoms in total. The van der Waals surface area contributed by atoms with Crippen LogP contribution in [0.2, 0.25) is 0 Å². The number of amides is 1. The monoisotopic (exact) mass is 226 g/mol. The zero-order valence-electron chi connectivity index (χ0n) is 10.6. The largest absolute Gasteiger partial charge is 0.328 e. The molecule has 0 radical (unpaired) electrons. The van der Waals surface area contributed by atoms with Gasteiger partial charge in [-0.1, -0.05) is 13.8 Å². The Morgan fingerprint density at radius 1 is 1.25 bits per heavy atom. The molecule has 2 heterocycles. The molecule has 3 unspecified atom stereocenters. The molecule has 0 spiro atoms. The van der Waals surface area contributed by atoms with Crippen LogP contribution in [0.3, 0.4) is 0 Å². The molecule has 2 saturated heterocycles. The molecular formula is C12H22N2O2. The van der Waals surface area contributed by atoms with Gasteiger partial charge in [-0.3, -0.25) is 9.59 Å². The highest BCUT2D eigenvalue weighted by atomic mass is 16.2. The molecule has 16 heavy (non-hydrogen) atoms. The first-order chi connectivity index (χ1) is 7.61. The lowest BCUT2D eigenvalue weighted by Gasteiger charge is -2.26. The van der Waals surface area contributed by atoms with E-state index in [-0.39, 0.29) is 23.8 Å². The predicted octanol–water partition coefficient (Wildman–Crippen LogP) is 0.953. The maximum Gasteiger partial charge on any atom is 0.220 e. The summed E-state index contributed by atoms with van der Waals surface area (Å²) in [7, 11) is 0. The average Bonchev–Trinajstić information content (AvgIpc) is 2.77. The van der Waals surface area contributed by atoms with E-state index in [0.29, 0.717) is 6.04 Å². The first-order valence-electron chi connectivity index (χ1n) is 6.14. The lowest BCUT2D eigenvalue weighted by molar-refractivity contribution is -0.137. The predicted molar refractivity (Wildman–Crippen MR) is 63.1 cm³/mol. The lowest BCUT2D eigenvalue weighted by atomic mass is 10.1. The topological polar surface area (TPSA) is 49.4 Å². The first kappa shape index (κ1) is 13.2. The molecule has 2 rings (SSSR count). The Bertz CT molecular complexity index is 278. The molecule has 2 fully saturated rings. The van der Waals surface area contributed by atoms with Gasteiger partial charge in [0, 0.05) is 19.0 Å². The second-order valence-corrected chi connectivity index (χ2v) is 4.21. The third-order valence-electron chi connectivity index (χ3n) is 3.31. The van der Waals surface area contributed by atoms with Gasteiger partial charge in [-0.15, -0.1) is 0 Å². The average molecular weight is 226 g/mol. The van der Waals surface area contributed by atoms with E-state index in [2.05, 4.69) is 5.32 Å². The van der Waals surface area contributed by atoms with Gasteiger partial charge in [0.15, 0.2) is 5.78 Å². The van der Waals surface area contributed by atoms with Crippen molar-refractivity contribution in [1.29, 1.82) is 0 Å². The maximum atomic E-state index is 11.4. The summed E-state index contributed by atoms with van der Waals surface area (Å²) < 4.78 is 0. The molecule has 0 aromatic rings. The number of ketones is 1. The molecule has 2 aliphatic rings. The molecule has 0 aliphatic carbocycles. The van der Waals surface area contributed by atoms with Crippen LogP contribution in [0.25, 0.3) is 0 Å². The molecule has 0 bridgehead atoms. The van der Waals surface area contributed by atoms with Gasteiger partial charge >= 0.3 is 0 Å². The summed E-state index contributed by atoms with van der Waals surface area (Å²) in [4.78, 5) is 24.6. The minimum Gasteiger partial charge on any atom is -0.328 e. The highest BCUT2D eigenvalue weighted by molar-refractivity contribution is 5.87. The first-order valence-corrected chi connectivity index (χ1v) is 6.14. The van der Waals surface area contributed by atoms with Crippen molar-refractivity contribution in [1.82, 2.24) is 10.2 Å². The number of carbonyl (C=O) groups excluding carboxylic acids is 2. The van der Waals surface area contributed by atoms with E-state index in [9.17, 15) is 9.59 Å². The van der Waals surface area contributed by atoms with Crippen molar-refractivity contribution < 1.29 is 9.59 Å². The summed E-state index contributed by atoms with van der Waals surface area (Å²) in [5.74, 6) is 0.137. The van der Waals surface area contributed by atoms with Gasteiger partial charge in [-0.2, -0.15) is 0 Å².